The smallest absolute Gasteiger partial charge is 0.267 e. The quantitative estimate of drug-likeness (QED) is 0.797. The Hall–Kier alpha value is -0.490. The second-order valence-corrected chi connectivity index (χ2v) is 6.19. The molecule has 0 aromatic carbocycles. The number of likely N-dealkylation sites (tertiary alicyclic amines) is 1. The monoisotopic (exact) mass is 331 g/mol. The summed E-state index contributed by atoms with van der Waals surface area (Å²) in [5, 5.41) is 4.92. The van der Waals surface area contributed by atoms with Crippen LogP contribution in [0.2, 0.25) is 0 Å². The molecule has 2 rings (SSSR count). The first-order valence-corrected chi connectivity index (χ1v) is 8.26. The Balaban J connectivity index is 2.18. The third kappa shape index (κ3) is 2.59. The van der Waals surface area contributed by atoms with Crippen molar-refractivity contribution in [2.24, 2.45) is 5.92 Å². The average molecular weight is 332 g/mol. The van der Waals surface area contributed by atoms with Crippen LogP contribution in [0.4, 0.5) is 0 Å². The molecule has 2 atom stereocenters. The van der Waals surface area contributed by atoms with E-state index in [4.69, 9.17) is 0 Å². The molecule has 1 fully saturated rings. The van der Waals surface area contributed by atoms with Gasteiger partial charge in [-0.3, -0.25) is 4.79 Å². The van der Waals surface area contributed by atoms with E-state index in [9.17, 15) is 4.79 Å². The van der Waals surface area contributed by atoms with E-state index < -0.39 is 0 Å². The van der Waals surface area contributed by atoms with Crippen LogP contribution in [0.1, 0.15) is 42.1 Å². The highest BCUT2D eigenvalue weighted by atomic mass is 79.9. The standard InChI is InChI=1S/C12H18BrN3OS/c1-3-4-9-11(18-15-14-9)12(17)16-6-5-8(2)10(16)7-13/h8,10H,3-7H2,1-2H3. The first-order valence-electron chi connectivity index (χ1n) is 6.37. The van der Waals surface area contributed by atoms with Gasteiger partial charge in [0.25, 0.3) is 5.91 Å². The number of halogens is 1. The Morgan fingerprint density at radius 2 is 2.39 bits per heavy atom. The maximum Gasteiger partial charge on any atom is 0.267 e. The lowest BCUT2D eigenvalue weighted by Gasteiger charge is -2.24. The number of nitrogens with zero attached hydrogens (tertiary/aromatic N) is 3. The van der Waals surface area contributed by atoms with Gasteiger partial charge in [0.1, 0.15) is 4.88 Å². The molecule has 0 radical (unpaired) electrons. The van der Waals surface area contributed by atoms with E-state index in [0.29, 0.717) is 12.0 Å². The Kier molecular flexibility index (Phi) is 4.72. The summed E-state index contributed by atoms with van der Waals surface area (Å²) in [6, 6.07) is 0.300. The van der Waals surface area contributed by atoms with Crippen molar-refractivity contribution in [2.45, 2.75) is 39.2 Å². The Labute approximate surface area is 120 Å². The summed E-state index contributed by atoms with van der Waals surface area (Å²) in [6.45, 7) is 5.14. The van der Waals surface area contributed by atoms with Crippen LogP contribution >= 0.6 is 27.5 Å². The van der Waals surface area contributed by atoms with Crippen LogP contribution in [0, 0.1) is 5.92 Å². The molecule has 1 aromatic heterocycles. The minimum absolute atomic E-state index is 0.113. The molecule has 0 bridgehead atoms. The van der Waals surface area contributed by atoms with Gasteiger partial charge in [0.15, 0.2) is 0 Å². The molecule has 1 saturated heterocycles. The number of hydrogen-bond donors (Lipinski definition) is 0. The van der Waals surface area contributed by atoms with Crippen LogP contribution in [0.3, 0.4) is 0 Å². The summed E-state index contributed by atoms with van der Waals surface area (Å²) in [5.74, 6) is 0.672. The molecule has 0 N–H and O–H groups in total. The van der Waals surface area contributed by atoms with Crippen LogP contribution in [-0.4, -0.2) is 38.3 Å². The predicted molar refractivity (Wildman–Crippen MR) is 76.3 cm³/mol. The van der Waals surface area contributed by atoms with Crippen molar-refractivity contribution in [2.75, 3.05) is 11.9 Å². The van der Waals surface area contributed by atoms with Gasteiger partial charge in [-0.1, -0.05) is 40.7 Å². The molecule has 1 aliphatic heterocycles. The van der Waals surface area contributed by atoms with Gasteiger partial charge in [-0.25, -0.2) is 0 Å². The molecule has 0 saturated carbocycles. The van der Waals surface area contributed by atoms with Gasteiger partial charge in [0.05, 0.1) is 5.69 Å². The molecule has 4 nitrogen and oxygen atoms in total. The number of carbonyl (C=O) groups excluding carboxylic acids is 1. The van der Waals surface area contributed by atoms with Crippen LogP contribution in [0.25, 0.3) is 0 Å². The van der Waals surface area contributed by atoms with Gasteiger partial charge in [-0.15, -0.1) is 5.10 Å². The van der Waals surface area contributed by atoms with Gasteiger partial charge in [-0.2, -0.15) is 0 Å². The number of hydrogen-bond acceptors (Lipinski definition) is 4. The topological polar surface area (TPSA) is 46.1 Å². The maximum atomic E-state index is 12.6. The lowest BCUT2D eigenvalue weighted by atomic mass is 10.1. The van der Waals surface area contributed by atoms with Crippen molar-refractivity contribution in [1.82, 2.24) is 14.5 Å². The van der Waals surface area contributed by atoms with E-state index in [2.05, 4.69) is 39.4 Å². The maximum absolute atomic E-state index is 12.6. The van der Waals surface area contributed by atoms with E-state index in [1.807, 2.05) is 4.90 Å². The lowest BCUT2D eigenvalue weighted by Crippen LogP contribution is -2.38. The zero-order valence-electron chi connectivity index (χ0n) is 10.7. The lowest BCUT2D eigenvalue weighted by molar-refractivity contribution is 0.0742. The molecule has 1 amide bonds. The van der Waals surface area contributed by atoms with Crippen LogP contribution in [0.5, 0.6) is 0 Å². The third-order valence-corrected chi connectivity index (χ3v) is 4.96. The highest BCUT2D eigenvalue weighted by Gasteiger charge is 2.35. The fourth-order valence-electron chi connectivity index (χ4n) is 2.40. The van der Waals surface area contributed by atoms with E-state index in [0.717, 1.165) is 41.7 Å². The average Bonchev–Trinajstić information content (AvgIpc) is 2.95. The summed E-state index contributed by atoms with van der Waals surface area (Å²) in [4.78, 5) is 15.3. The number of rotatable bonds is 4. The molecular formula is C12H18BrN3OS. The minimum atomic E-state index is 0.113. The van der Waals surface area contributed by atoms with Gasteiger partial charge < -0.3 is 4.90 Å². The number of aryl methyl sites for hydroxylation is 1. The third-order valence-electron chi connectivity index (χ3n) is 3.54. The molecule has 0 aliphatic carbocycles. The summed E-state index contributed by atoms with van der Waals surface area (Å²) in [7, 11) is 0. The van der Waals surface area contributed by atoms with Crippen molar-refractivity contribution in [3.63, 3.8) is 0 Å². The number of alkyl halides is 1. The molecule has 1 aliphatic rings. The fourth-order valence-corrected chi connectivity index (χ4v) is 4.05. The summed E-state index contributed by atoms with van der Waals surface area (Å²) < 4.78 is 3.94. The fraction of sp³-hybridized carbons (Fsp3) is 0.750. The zero-order valence-corrected chi connectivity index (χ0v) is 13.1. The Morgan fingerprint density at radius 1 is 1.61 bits per heavy atom. The van der Waals surface area contributed by atoms with Gasteiger partial charge in [0, 0.05) is 17.9 Å². The van der Waals surface area contributed by atoms with Crippen molar-refractivity contribution in [3.8, 4) is 0 Å². The van der Waals surface area contributed by atoms with Crippen molar-refractivity contribution in [1.29, 1.82) is 0 Å². The van der Waals surface area contributed by atoms with Gasteiger partial charge in [0.2, 0.25) is 0 Å². The second kappa shape index (κ2) is 6.10. The molecule has 18 heavy (non-hydrogen) atoms. The number of carbonyl (C=O) groups is 1. The normalized spacial score (nSPS) is 23.6. The highest BCUT2D eigenvalue weighted by Crippen LogP contribution is 2.28. The molecule has 2 heterocycles. The van der Waals surface area contributed by atoms with E-state index >= 15 is 0 Å². The SMILES string of the molecule is CCCc1nnsc1C(=O)N1CCC(C)C1CBr. The minimum Gasteiger partial charge on any atom is -0.334 e. The molecule has 6 heteroatoms. The second-order valence-electron chi connectivity index (χ2n) is 4.78. The van der Waals surface area contributed by atoms with Gasteiger partial charge >= 0.3 is 0 Å². The molecule has 100 valence electrons. The molecule has 2 unspecified atom stereocenters. The van der Waals surface area contributed by atoms with Crippen molar-refractivity contribution >= 4 is 33.4 Å². The van der Waals surface area contributed by atoms with Crippen LogP contribution in [0.15, 0.2) is 0 Å². The molecular weight excluding hydrogens is 314 g/mol. The highest BCUT2D eigenvalue weighted by molar-refractivity contribution is 9.09. The van der Waals surface area contributed by atoms with E-state index in [1.54, 1.807) is 0 Å². The summed E-state index contributed by atoms with van der Waals surface area (Å²) >= 11 is 4.75. The predicted octanol–water partition coefficient (Wildman–Crippen LogP) is 2.74. The van der Waals surface area contributed by atoms with E-state index in [1.165, 1.54) is 11.5 Å². The summed E-state index contributed by atoms with van der Waals surface area (Å²) in [5.41, 5.74) is 0.861. The van der Waals surface area contributed by atoms with Crippen molar-refractivity contribution < 1.29 is 4.79 Å². The largest absolute Gasteiger partial charge is 0.334 e. The number of amides is 1. The first kappa shape index (κ1) is 13.9. The summed E-state index contributed by atoms with van der Waals surface area (Å²) in [6.07, 6.45) is 2.90. The number of aromatic nitrogens is 2. The Morgan fingerprint density at radius 3 is 3.06 bits per heavy atom. The van der Waals surface area contributed by atoms with Crippen LogP contribution in [-0.2, 0) is 6.42 Å². The molecule has 0 spiro atoms. The van der Waals surface area contributed by atoms with Crippen molar-refractivity contribution in [3.05, 3.63) is 10.6 Å². The van der Waals surface area contributed by atoms with E-state index in [-0.39, 0.29) is 5.91 Å². The first-order chi connectivity index (χ1) is 8.69. The molecule has 1 aromatic rings. The zero-order chi connectivity index (χ0) is 13.1. The Bertz CT molecular complexity index is 423. The van der Waals surface area contributed by atoms with Gasteiger partial charge in [-0.05, 0) is 30.3 Å². The van der Waals surface area contributed by atoms with Crippen LogP contribution < -0.4 is 0 Å².